The molecule has 0 radical (unpaired) electrons. The summed E-state index contributed by atoms with van der Waals surface area (Å²) in [5.74, 6) is -0.103. The minimum Gasteiger partial charge on any atom is -0.390 e. The standard InChI is InChI=1S/C20H34O3/c1-7-13(2)9-10-14-19(5)12-8-11-18(3,4)16(19)15(21)17(22)20(14,6)23/h7,9,14-17,21-23H,1,8,10-12H2,2-6H3/b13-9-/t14-,15-,16+,17+,19-,20-/m1/s1. The van der Waals surface area contributed by atoms with Crippen molar-refractivity contribution in [1.82, 2.24) is 0 Å². The Labute approximate surface area is 141 Å². The average Bonchev–Trinajstić information content (AvgIpc) is 2.43. The fraction of sp³-hybridized carbons (Fsp3) is 0.800. The lowest BCUT2D eigenvalue weighted by Gasteiger charge is -2.64. The fourth-order valence-corrected chi connectivity index (χ4v) is 5.67. The molecule has 2 aliphatic carbocycles. The first-order valence-corrected chi connectivity index (χ1v) is 8.86. The zero-order valence-electron chi connectivity index (χ0n) is 15.3. The third-order valence-electron chi connectivity index (χ3n) is 6.85. The predicted octanol–water partition coefficient (Wildman–Crippen LogP) is 3.44. The first-order valence-electron chi connectivity index (χ1n) is 8.86. The van der Waals surface area contributed by atoms with E-state index in [-0.39, 0.29) is 22.7 Å². The fourth-order valence-electron chi connectivity index (χ4n) is 5.67. The van der Waals surface area contributed by atoms with Crippen LogP contribution in [0.25, 0.3) is 0 Å². The Balaban J connectivity index is 2.49. The SMILES string of the molecule is C=C/C(C)=C\C[C@H]1[C@@](C)(O)[C@@H](O)[C@H](O)[C@H]2C(C)(C)CCC[C@@]21C. The normalized spacial score (nSPS) is 47.0. The Bertz CT molecular complexity index is 491. The molecule has 0 saturated heterocycles. The molecule has 0 unspecified atom stereocenters. The zero-order chi connectivity index (χ0) is 17.6. The van der Waals surface area contributed by atoms with E-state index < -0.39 is 17.8 Å². The number of rotatable bonds is 3. The minimum atomic E-state index is -1.30. The van der Waals surface area contributed by atoms with E-state index in [1.165, 1.54) is 0 Å². The van der Waals surface area contributed by atoms with Crippen molar-refractivity contribution in [2.24, 2.45) is 22.7 Å². The van der Waals surface area contributed by atoms with Gasteiger partial charge in [-0.05, 0) is 55.8 Å². The second-order valence-corrected chi connectivity index (χ2v) is 8.93. The van der Waals surface area contributed by atoms with Gasteiger partial charge in [0, 0.05) is 0 Å². The highest BCUT2D eigenvalue weighted by Crippen LogP contribution is 2.62. The first kappa shape index (κ1) is 18.7. The Kier molecular flexibility index (Phi) is 4.89. The van der Waals surface area contributed by atoms with Crippen molar-refractivity contribution in [3.8, 4) is 0 Å². The van der Waals surface area contributed by atoms with E-state index in [2.05, 4.69) is 33.4 Å². The summed E-state index contributed by atoms with van der Waals surface area (Å²) in [4.78, 5) is 0. The van der Waals surface area contributed by atoms with Gasteiger partial charge in [-0.3, -0.25) is 0 Å². The van der Waals surface area contributed by atoms with Crippen molar-refractivity contribution in [2.45, 2.75) is 78.1 Å². The molecule has 2 fully saturated rings. The van der Waals surface area contributed by atoms with Crippen molar-refractivity contribution in [2.75, 3.05) is 0 Å². The van der Waals surface area contributed by atoms with Gasteiger partial charge in [0.1, 0.15) is 6.10 Å². The van der Waals surface area contributed by atoms with Crippen LogP contribution in [0.5, 0.6) is 0 Å². The lowest BCUT2D eigenvalue weighted by atomic mass is 9.43. The van der Waals surface area contributed by atoms with E-state index in [0.717, 1.165) is 24.8 Å². The summed E-state index contributed by atoms with van der Waals surface area (Å²) in [5.41, 5.74) is -0.450. The maximum atomic E-state index is 11.1. The van der Waals surface area contributed by atoms with Gasteiger partial charge in [0.2, 0.25) is 0 Å². The molecule has 2 aliphatic rings. The third-order valence-corrected chi connectivity index (χ3v) is 6.85. The van der Waals surface area contributed by atoms with Gasteiger partial charge in [-0.2, -0.15) is 0 Å². The molecule has 0 bridgehead atoms. The molecule has 2 rings (SSSR count). The van der Waals surface area contributed by atoms with Crippen LogP contribution in [0.15, 0.2) is 24.3 Å². The van der Waals surface area contributed by atoms with Crippen LogP contribution in [0.4, 0.5) is 0 Å². The van der Waals surface area contributed by atoms with Crippen LogP contribution in [0.3, 0.4) is 0 Å². The quantitative estimate of drug-likeness (QED) is 0.698. The van der Waals surface area contributed by atoms with Gasteiger partial charge in [-0.15, -0.1) is 0 Å². The van der Waals surface area contributed by atoms with Crippen LogP contribution in [0, 0.1) is 22.7 Å². The van der Waals surface area contributed by atoms with Gasteiger partial charge >= 0.3 is 0 Å². The number of aliphatic hydroxyl groups is 3. The van der Waals surface area contributed by atoms with E-state index in [0.29, 0.717) is 6.42 Å². The molecule has 3 nitrogen and oxygen atoms in total. The Morgan fingerprint density at radius 2 is 1.78 bits per heavy atom. The molecule has 3 heteroatoms. The minimum absolute atomic E-state index is 0.0126. The topological polar surface area (TPSA) is 60.7 Å². The van der Waals surface area contributed by atoms with Crippen molar-refractivity contribution >= 4 is 0 Å². The molecule has 6 atom stereocenters. The smallest absolute Gasteiger partial charge is 0.109 e. The third kappa shape index (κ3) is 2.92. The highest BCUT2D eigenvalue weighted by molar-refractivity contribution is 5.18. The largest absolute Gasteiger partial charge is 0.390 e. The number of hydrogen-bond donors (Lipinski definition) is 3. The molecule has 3 N–H and O–H groups in total. The molecule has 0 aromatic rings. The predicted molar refractivity (Wildman–Crippen MR) is 93.9 cm³/mol. The van der Waals surface area contributed by atoms with E-state index in [4.69, 9.17) is 0 Å². The summed E-state index contributed by atoms with van der Waals surface area (Å²) < 4.78 is 0. The summed E-state index contributed by atoms with van der Waals surface area (Å²) in [7, 11) is 0. The summed E-state index contributed by atoms with van der Waals surface area (Å²) in [6.45, 7) is 14.0. The molecule has 0 aromatic heterocycles. The summed E-state index contributed by atoms with van der Waals surface area (Å²) >= 11 is 0. The maximum absolute atomic E-state index is 11.1. The summed E-state index contributed by atoms with van der Waals surface area (Å²) in [6.07, 6.45) is 5.73. The van der Waals surface area contributed by atoms with Crippen LogP contribution in [-0.2, 0) is 0 Å². The van der Waals surface area contributed by atoms with Crippen molar-refractivity contribution in [1.29, 1.82) is 0 Å². The van der Waals surface area contributed by atoms with Crippen molar-refractivity contribution in [3.63, 3.8) is 0 Å². The lowest BCUT2D eigenvalue weighted by molar-refractivity contribution is -0.265. The van der Waals surface area contributed by atoms with E-state index in [1.807, 2.05) is 13.0 Å². The molecule has 0 spiro atoms. The maximum Gasteiger partial charge on any atom is 0.109 e. The van der Waals surface area contributed by atoms with E-state index in [1.54, 1.807) is 6.92 Å². The number of fused-ring (bicyclic) bond motifs is 1. The van der Waals surface area contributed by atoms with Crippen LogP contribution in [0.2, 0.25) is 0 Å². The molecule has 0 aliphatic heterocycles. The highest BCUT2D eigenvalue weighted by atomic mass is 16.4. The van der Waals surface area contributed by atoms with Gasteiger partial charge < -0.3 is 15.3 Å². The monoisotopic (exact) mass is 322 g/mol. The molecule has 2 saturated carbocycles. The van der Waals surface area contributed by atoms with Gasteiger partial charge in [0.25, 0.3) is 0 Å². The molecule has 0 aromatic carbocycles. The Hall–Kier alpha value is -0.640. The van der Waals surface area contributed by atoms with Crippen LogP contribution in [-0.4, -0.2) is 33.1 Å². The molecule has 132 valence electrons. The number of allylic oxidation sites excluding steroid dienone is 3. The molecular weight excluding hydrogens is 288 g/mol. The van der Waals surface area contributed by atoms with Gasteiger partial charge in [-0.1, -0.05) is 51.5 Å². The number of aliphatic hydroxyl groups excluding tert-OH is 2. The lowest BCUT2D eigenvalue weighted by Crippen LogP contribution is -2.69. The molecule has 0 amide bonds. The van der Waals surface area contributed by atoms with Gasteiger partial charge in [0.15, 0.2) is 0 Å². The van der Waals surface area contributed by atoms with Crippen molar-refractivity contribution in [3.05, 3.63) is 24.3 Å². The number of hydrogen-bond acceptors (Lipinski definition) is 3. The Morgan fingerprint density at radius 3 is 2.35 bits per heavy atom. The van der Waals surface area contributed by atoms with Crippen molar-refractivity contribution < 1.29 is 15.3 Å². The second-order valence-electron chi connectivity index (χ2n) is 8.93. The van der Waals surface area contributed by atoms with Crippen LogP contribution >= 0.6 is 0 Å². The molecule has 0 heterocycles. The average molecular weight is 322 g/mol. The summed E-state index contributed by atoms with van der Waals surface area (Å²) in [6, 6.07) is 0. The van der Waals surface area contributed by atoms with Crippen LogP contribution in [0.1, 0.15) is 60.3 Å². The van der Waals surface area contributed by atoms with E-state index in [9.17, 15) is 15.3 Å². The van der Waals surface area contributed by atoms with Gasteiger partial charge in [-0.25, -0.2) is 0 Å². The summed E-state index contributed by atoms with van der Waals surface area (Å²) in [5, 5.41) is 32.5. The zero-order valence-corrected chi connectivity index (χ0v) is 15.3. The molecular formula is C20H34O3. The van der Waals surface area contributed by atoms with Gasteiger partial charge in [0.05, 0.1) is 11.7 Å². The van der Waals surface area contributed by atoms with Crippen LogP contribution < -0.4 is 0 Å². The highest BCUT2D eigenvalue weighted by Gasteiger charge is 2.64. The molecule has 23 heavy (non-hydrogen) atoms. The second kappa shape index (κ2) is 6.02. The Morgan fingerprint density at radius 1 is 1.17 bits per heavy atom. The first-order chi connectivity index (χ1) is 10.5. The van der Waals surface area contributed by atoms with E-state index >= 15 is 0 Å².